The summed E-state index contributed by atoms with van der Waals surface area (Å²) in [5, 5.41) is 2.88. The van der Waals surface area contributed by atoms with E-state index in [-0.39, 0.29) is 34.7 Å². The monoisotopic (exact) mass is 515 g/mol. The minimum Gasteiger partial charge on any atom is -0.489 e. The average molecular weight is 516 g/mol. The number of rotatable bonds is 10. The van der Waals surface area contributed by atoms with E-state index in [0.717, 1.165) is 19.3 Å². The predicted molar refractivity (Wildman–Crippen MR) is 138 cm³/mol. The van der Waals surface area contributed by atoms with Crippen molar-refractivity contribution in [2.45, 2.75) is 33.7 Å². The Balaban J connectivity index is 1.54. The van der Waals surface area contributed by atoms with Crippen LogP contribution in [0.2, 0.25) is 0 Å². The number of anilines is 3. The van der Waals surface area contributed by atoms with Crippen LogP contribution < -0.4 is 19.7 Å². The van der Waals surface area contributed by atoms with Gasteiger partial charge in [-0.05, 0) is 51.2 Å². The minimum atomic E-state index is -0.708. The molecular formula is C27H32F3N5O2. The molecule has 7 nitrogen and oxygen atoms in total. The first-order valence-corrected chi connectivity index (χ1v) is 12.5. The topological polar surface area (TPSA) is 62.8 Å². The fraction of sp³-hybridized carbons (Fsp3) is 0.407. The molecule has 0 saturated carbocycles. The Morgan fingerprint density at radius 3 is 2.57 bits per heavy atom. The van der Waals surface area contributed by atoms with Crippen molar-refractivity contribution in [2.75, 3.05) is 49.6 Å². The van der Waals surface area contributed by atoms with Crippen LogP contribution in [0.15, 0.2) is 36.5 Å². The first-order chi connectivity index (χ1) is 17.8. The molecule has 0 aliphatic carbocycles. The van der Waals surface area contributed by atoms with Crippen LogP contribution in [0.5, 0.6) is 11.5 Å². The summed E-state index contributed by atoms with van der Waals surface area (Å²) in [6, 6.07) is 7.36. The largest absolute Gasteiger partial charge is 0.489 e. The highest BCUT2D eigenvalue weighted by molar-refractivity contribution is 5.73. The van der Waals surface area contributed by atoms with E-state index >= 15 is 0 Å². The number of nitrogens with zero attached hydrogens (tertiary/aromatic N) is 4. The summed E-state index contributed by atoms with van der Waals surface area (Å²) in [6.07, 6.45) is 1.000. The number of hydrogen-bond donors (Lipinski definition) is 1. The van der Waals surface area contributed by atoms with Crippen LogP contribution in [0.4, 0.5) is 30.5 Å². The zero-order valence-electron chi connectivity index (χ0n) is 21.5. The lowest BCUT2D eigenvalue weighted by Crippen LogP contribution is -2.38. The highest BCUT2D eigenvalue weighted by Gasteiger charge is 2.25. The first-order valence-electron chi connectivity index (χ1n) is 12.5. The summed E-state index contributed by atoms with van der Waals surface area (Å²) in [5.74, 6) is -1.52. The van der Waals surface area contributed by atoms with Crippen molar-refractivity contribution >= 4 is 17.3 Å². The van der Waals surface area contributed by atoms with Gasteiger partial charge < -0.3 is 24.6 Å². The smallest absolute Gasteiger partial charge is 0.227 e. The van der Waals surface area contributed by atoms with Gasteiger partial charge in [-0.2, -0.15) is 0 Å². The maximum Gasteiger partial charge on any atom is 0.227 e. The lowest BCUT2D eigenvalue weighted by atomic mass is 10.1. The molecule has 2 aromatic carbocycles. The van der Waals surface area contributed by atoms with E-state index in [2.05, 4.69) is 34.0 Å². The summed E-state index contributed by atoms with van der Waals surface area (Å²) >= 11 is 0. The van der Waals surface area contributed by atoms with Crippen molar-refractivity contribution < 1.29 is 22.6 Å². The number of ether oxygens (including phenoxy) is 2. The van der Waals surface area contributed by atoms with Gasteiger partial charge in [0.15, 0.2) is 29.0 Å². The molecule has 0 spiro atoms. The van der Waals surface area contributed by atoms with E-state index in [0.29, 0.717) is 37.7 Å². The molecule has 3 aromatic rings. The van der Waals surface area contributed by atoms with Crippen LogP contribution in [0.3, 0.4) is 0 Å². The number of hydrogen-bond acceptors (Lipinski definition) is 7. The van der Waals surface area contributed by atoms with E-state index in [4.69, 9.17) is 9.47 Å². The number of fused-ring (bicyclic) bond motifs is 1. The molecule has 1 aliphatic heterocycles. The van der Waals surface area contributed by atoms with Crippen molar-refractivity contribution in [3.8, 4) is 22.8 Å². The molecule has 1 N–H and O–H groups in total. The van der Waals surface area contributed by atoms with Crippen LogP contribution in [0, 0.1) is 17.5 Å². The van der Waals surface area contributed by atoms with Crippen molar-refractivity contribution in [3.05, 3.63) is 54.0 Å². The second-order valence-electron chi connectivity index (χ2n) is 8.98. The van der Waals surface area contributed by atoms with Gasteiger partial charge in [-0.15, -0.1) is 0 Å². The van der Waals surface area contributed by atoms with Crippen molar-refractivity contribution in [1.82, 2.24) is 14.9 Å². The third kappa shape index (κ3) is 6.07. The Hall–Kier alpha value is -3.53. The lowest BCUT2D eigenvalue weighted by Gasteiger charge is -2.34. The number of nitrogens with one attached hydrogen (secondary N) is 1. The quantitative estimate of drug-likeness (QED) is 0.375. The number of benzene rings is 2. The van der Waals surface area contributed by atoms with Gasteiger partial charge in [-0.25, -0.2) is 23.1 Å². The summed E-state index contributed by atoms with van der Waals surface area (Å²) in [5.41, 5.74) is 1.08. The molecule has 0 bridgehead atoms. The Labute approximate surface area is 215 Å². The predicted octanol–water partition coefficient (Wildman–Crippen LogP) is 5.63. The molecule has 37 heavy (non-hydrogen) atoms. The van der Waals surface area contributed by atoms with Crippen molar-refractivity contribution in [3.63, 3.8) is 0 Å². The molecule has 0 atom stereocenters. The Bertz CT molecular complexity index is 1240. The molecule has 0 saturated heterocycles. The first kappa shape index (κ1) is 26.5. The SMILES string of the molecule is CCN(CC)CCOc1ccc(Nc2ncc(F)c(-c3cc(F)c4c(c3)N(C(C)C)CCO4)n2)cc1F. The summed E-state index contributed by atoms with van der Waals surface area (Å²) in [7, 11) is 0. The van der Waals surface area contributed by atoms with E-state index in [1.54, 1.807) is 12.1 Å². The average Bonchev–Trinajstić information content (AvgIpc) is 2.88. The van der Waals surface area contributed by atoms with Crippen LogP contribution in [-0.2, 0) is 0 Å². The van der Waals surface area contributed by atoms with Gasteiger partial charge in [0.1, 0.15) is 18.9 Å². The second kappa shape index (κ2) is 11.7. The summed E-state index contributed by atoms with van der Waals surface area (Å²) < 4.78 is 55.4. The van der Waals surface area contributed by atoms with Gasteiger partial charge in [0, 0.05) is 29.9 Å². The molecule has 198 valence electrons. The Kier molecular flexibility index (Phi) is 8.38. The number of halogens is 3. The highest BCUT2D eigenvalue weighted by atomic mass is 19.1. The zero-order chi connectivity index (χ0) is 26.5. The van der Waals surface area contributed by atoms with Crippen molar-refractivity contribution in [1.29, 1.82) is 0 Å². The second-order valence-corrected chi connectivity index (χ2v) is 8.98. The number of likely N-dealkylation sites (N-methyl/N-ethyl adjacent to an activating group) is 1. The molecule has 0 radical (unpaired) electrons. The van der Waals surface area contributed by atoms with E-state index in [9.17, 15) is 13.2 Å². The normalized spacial score (nSPS) is 13.1. The van der Waals surface area contributed by atoms with Gasteiger partial charge in [-0.3, -0.25) is 0 Å². The zero-order valence-corrected chi connectivity index (χ0v) is 21.5. The molecule has 1 aliphatic rings. The third-order valence-electron chi connectivity index (χ3n) is 6.30. The third-order valence-corrected chi connectivity index (χ3v) is 6.30. The minimum absolute atomic E-state index is 0.0427. The molecule has 1 aromatic heterocycles. The maximum atomic E-state index is 14.9. The van der Waals surface area contributed by atoms with Crippen LogP contribution in [0.25, 0.3) is 11.3 Å². The number of aromatic nitrogens is 2. The van der Waals surface area contributed by atoms with Crippen LogP contribution in [-0.4, -0.2) is 60.3 Å². The Morgan fingerprint density at radius 1 is 1.08 bits per heavy atom. The standard InChI is InChI=1S/C27H32F3N5O2/c1-5-34(6-2)9-11-36-24-8-7-19(15-20(24)28)32-27-31-16-22(30)25(33-27)18-13-21(29)26-23(14-18)35(17(3)4)10-12-37-26/h7-8,13-17H,5-6,9-12H2,1-4H3,(H,31,32,33). The fourth-order valence-electron chi connectivity index (χ4n) is 4.25. The van der Waals surface area contributed by atoms with Gasteiger partial charge in [0.05, 0.1) is 18.4 Å². The van der Waals surface area contributed by atoms with Crippen molar-refractivity contribution in [2.24, 2.45) is 0 Å². The van der Waals surface area contributed by atoms with Gasteiger partial charge in [-0.1, -0.05) is 13.8 Å². The highest BCUT2D eigenvalue weighted by Crippen LogP contribution is 2.39. The lowest BCUT2D eigenvalue weighted by molar-refractivity contribution is 0.217. The molecule has 4 rings (SSSR count). The summed E-state index contributed by atoms with van der Waals surface area (Å²) in [6.45, 7) is 11.9. The maximum absolute atomic E-state index is 14.9. The molecule has 0 amide bonds. The molecule has 0 fully saturated rings. The van der Waals surface area contributed by atoms with Crippen LogP contribution >= 0.6 is 0 Å². The Morgan fingerprint density at radius 2 is 1.86 bits per heavy atom. The van der Waals surface area contributed by atoms with E-state index < -0.39 is 17.5 Å². The summed E-state index contributed by atoms with van der Waals surface area (Å²) in [4.78, 5) is 12.4. The molecular weight excluding hydrogens is 483 g/mol. The van der Waals surface area contributed by atoms with Crippen LogP contribution in [0.1, 0.15) is 27.7 Å². The van der Waals surface area contributed by atoms with Gasteiger partial charge >= 0.3 is 0 Å². The van der Waals surface area contributed by atoms with E-state index in [1.165, 1.54) is 18.2 Å². The van der Waals surface area contributed by atoms with Gasteiger partial charge in [0.25, 0.3) is 0 Å². The molecule has 0 unspecified atom stereocenters. The fourth-order valence-corrected chi connectivity index (χ4v) is 4.25. The van der Waals surface area contributed by atoms with E-state index in [1.807, 2.05) is 18.7 Å². The molecule has 2 heterocycles. The molecule has 10 heteroatoms. The van der Waals surface area contributed by atoms with Gasteiger partial charge in [0.2, 0.25) is 5.95 Å².